The topological polar surface area (TPSA) is 24.1 Å². The summed E-state index contributed by atoms with van der Waals surface area (Å²) in [4.78, 5) is 0. The molecule has 1 unspecified atom stereocenters. The molecule has 0 aromatic carbocycles. The van der Waals surface area contributed by atoms with Crippen LogP contribution in [-0.4, -0.2) is 6.17 Å². The lowest BCUT2D eigenvalue weighted by Crippen LogP contribution is -2.26. The average molecular weight is 163 g/mol. The molecule has 0 saturated heterocycles. The van der Waals surface area contributed by atoms with Gasteiger partial charge in [-0.1, -0.05) is 0 Å². The lowest BCUT2D eigenvalue weighted by atomic mass is 10.6. The monoisotopic (exact) mass is 162 g/mol. The van der Waals surface area contributed by atoms with E-state index in [9.17, 15) is 0 Å². The summed E-state index contributed by atoms with van der Waals surface area (Å²) in [7, 11) is 0. The van der Waals surface area contributed by atoms with E-state index in [1.54, 1.807) is 0 Å². The van der Waals surface area contributed by atoms with Crippen molar-refractivity contribution in [2.75, 3.05) is 0 Å². The highest BCUT2D eigenvalue weighted by atomic mass is 79.9. The summed E-state index contributed by atoms with van der Waals surface area (Å²) < 4.78 is 1.03. The molecule has 0 aromatic rings. The molecule has 1 rings (SSSR count). The van der Waals surface area contributed by atoms with Crippen molar-refractivity contribution >= 4 is 15.9 Å². The molecule has 0 spiro atoms. The zero-order chi connectivity index (χ0) is 5.28. The zero-order valence-electron chi connectivity index (χ0n) is 4.03. The maximum Gasteiger partial charge on any atom is 0.0955 e. The van der Waals surface area contributed by atoms with E-state index in [0.29, 0.717) is 6.17 Å². The molecule has 0 aliphatic carbocycles. The Morgan fingerprint density at radius 1 is 1.86 bits per heavy atom. The van der Waals surface area contributed by atoms with Gasteiger partial charge in [-0.05, 0) is 22.9 Å². The second-order valence-electron chi connectivity index (χ2n) is 1.52. The molecule has 1 atom stereocenters. The Labute approximate surface area is 51.1 Å². The van der Waals surface area contributed by atoms with Gasteiger partial charge in [0.1, 0.15) is 0 Å². The van der Waals surface area contributed by atoms with Gasteiger partial charge in [0.05, 0.1) is 10.8 Å². The number of nitrogens with one attached hydrogen (secondary N) is 2. The van der Waals surface area contributed by atoms with Gasteiger partial charge in [-0.25, -0.2) is 0 Å². The molecule has 0 amide bonds. The summed E-state index contributed by atoms with van der Waals surface area (Å²) in [5, 5.41) is 6.13. The van der Waals surface area contributed by atoms with Gasteiger partial charge in [0.2, 0.25) is 0 Å². The molecule has 0 aromatic heterocycles. The Morgan fingerprint density at radius 2 is 2.57 bits per heavy atom. The van der Waals surface area contributed by atoms with Gasteiger partial charge in [0.25, 0.3) is 0 Å². The highest BCUT2D eigenvalue weighted by Gasteiger charge is 2.04. The second kappa shape index (κ2) is 1.74. The summed E-state index contributed by atoms with van der Waals surface area (Å²) in [6.07, 6.45) is 2.28. The SMILES string of the molecule is CC1NC=C(Br)N1. The molecule has 0 saturated carbocycles. The summed E-state index contributed by atoms with van der Waals surface area (Å²) in [6.45, 7) is 2.05. The molecule has 1 aliphatic heterocycles. The van der Waals surface area contributed by atoms with Gasteiger partial charge < -0.3 is 10.6 Å². The molecule has 1 aliphatic rings. The molecule has 7 heavy (non-hydrogen) atoms. The largest absolute Gasteiger partial charge is 0.369 e. The first-order chi connectivity index (χ1) is 3.29. The van der Waals surface area contributed by atoms with Crippen molar-refractivity contribution in [3.05, 3.63) is 10.8 Å². The fraction of sp³-hybridized carbons (Fsp3) is 0.500. The van der Waals surface area contributed by atoms with Crippen LogP contribution in [0.25, 0.3) is 0 Å². The van der Waals surface area contributed by atoms with Crippen molar-refractivity contribution in [3.8, 4) is 0 Å². The zero-order valence-corrected chi connectivity index (χ0v) is 5.62. The van der Waals surface area contributed by atoms with Crippen LogP contribution in [-0.2, 0) is 0 Å². The third kappa shape index (κ3) is 1.09. The van der Waals surface area contributed by atoms with E-state index in [-0.39, 0.29) is 0 Å². The van der Waals surface area contributed by atoms with Crippen molar-refractivity contribution in [1.29, 1.82) is 0 Å². The van der Waals surface area contributed by atoms with Crippen molar-refractivity contribution in [2.24, 2.45) is 0 Å². The van der Waals surface area contributed by atoms with Crippen LogP contribution in [0.4, 0.5) is 0 Å². The Kier molecular flexibility index (Phi) is 1.23. The van der Waals surface area contributed by atoms with Gasteiger partial charge in [-0.2, -0.15) is 0 Å². The number of halogens is 1. The lowest BCUT2D eigenvalue weighted by molar-refractivity contribution is 0.623. The number of hydrogen-bond acceptors (Lipinski definition) is 2. The highest BCUT2D eigenvalue weighted by Crippen LogP contribution is 2.03. The van der Waals surface area contributed by atoms with Crippen LogP contribution in [0, 0.1) is 0 Å². The van der Waals surface area contributed by atoms with Crippen LogP contribution >= 0.6 is 15.9 Å². The maximum atomic E-state index is 3.27. The summed E-state index contributed by atoms with van der Waals surface area (Å²) >= 11 is 3.27. The van der Waals surface area contributed by atoms with E-state index in [2.05, 4.69) is 26.6 Å². The Balaban J connectivity index is 2.42. The van der Waals surface area contributed by atoms with Crippen molar-refractivity contribution < 1.29 is 0 Å². The van der Waals surface area contributed by atoms with E-state index in [1.165, 1.54) is 0 Å². The fourth-order valence-electron chi connectivity index (χ4n) is 0.488. The third-order valence-electron chi connectivity index (χ3n) is 0.814. The van der Waals surface area contributed by atoms with Crippen LogP contribution < -0.4 is 10.6 Å². The van der Waals surface area contributed by atoms with Crippen LogP contribution in [0.1, 0.15) is 6.92 Å². The predicted octanol–water partition coefficient (Wildman–Crippen LogP) is 0.719. The molecule has 2 N–H and O–H groups in total. The summed E-state index contributed by atoms with van der Waals surface area (Å²) in [5.74, 6) is 0. The smallest absolute Gasteiger partial charge is 0.0955 e. The third-order valence-corrected chi connectivity index (χ3v) is 1.27. The molecule has 0 radical (unpaired) electrons. The highest BCUT2D eigenvalue weighted by molar-refractivity contribution is 9.11. The first-order valence-electron chi connectivity index (χ1n) is 2.17. The normalized spacial score (nSPS) is 28.3. The minimum Gasteiger partial charge on any atom is -0.369 e. The number of hydrogen-bond donors (Lipinski definition) is 2. The molecule has 0 fully saturated rings. The van der Waals surface area contributed by atoms with E-state index in [4.69, 9.17) is 0 Å². The van der Waals surface area contributed by atoms with Crippen LogP contribution in [0.15, 0.2) is 10.8 Å². The van der Waals surface area contributed by atoms with Gasteiger partial charge in [-0.3, -0.25) is 0 Å². The first-order valence-corrected chi connectivity index (χ1v) is 2.96. The lowest BCUT2D eigenvalue weighted by Gasteiger charge is -2.02. The molecule has 40 valence electrons. The molecular weight excluding hydrogens is 156 g/mol. The van der Waals surface area contributed by atoms with Gasteiger partial charge >= 0.3 is 0 Å². The summed E-state index contributed by atoms with van der Waals surface area (Å²) in [6, 6.07) is 0. The van der Waals surface area contributed by atoms with Gasteiger partial charge in [0, 0.05) is 6.20 Å². The standard InChI is InChI=1S/C4H7BrN2/c1-3-6-2-4(5)7-3/h2-3,6-7H,1H3. The van der Waals surface area contributed by atoms with Crippen molar-refractivity contribution in [2.45, 2.75) is 13.1 Å². The van der Waals surface area contributed by atoms with Gasteiger partial charge in [0.15, 0.2) is 0 Å². The van der Waals surface area contributed by atoms with Crippen LogP contribution in [0.5, 0.6) is 0 Å². The molecule has 3 heteroatoms. The molecule has 1 heterocycles. The Hall–Kier alpha value is -0.180. The minimum absolute atomic E-state index is 0.384. The predicted molar refractivity (Wildman–Crippen MR) is 32.7 cm³/mol. The Bertz CT molecular complexity index is 99.9. The summed E-state index contributed by atoms with van der Waals surface area (Å²) in [5.41, 5.74) is 0. The minimum atomic E-state index is 0.384. The van der Waals surface area contributed by atoms with E-state index in [0.717, 1.165) is 4.61 Å². The number of rotatable bonds is 0. The average Bonchev–Trinajstić information content (AvgIpc) is 1.87. The molecular formula is C4H7BrN2. The van der Waals surface area contributed by atoms with Crippen LogP contribution in [0.2, 0.25) is 0 Å². The first kappa shape index (κ1) is 4.97. The fourth-order valence-corrected chi connectivity index (χ4v) is 0.964. The van der Waals surface area contributed by atoms with Crippen LogP contribution in [0.3, 0.4) is 0 Å². The van der Waals surface area contributed by atoms with E-state index < -0.39 is 0 Å². The quantitative estimate of drug-likeness (QED) is 0.514. The maximum absolute atomic E-state index is 3.27. The molecule has 0 bridgehead atoms. The molecule has 2 nitrogen and oxygen atoms in total. The van der Waals surface area contributed by atoms with Crippen molar-refractivity contribution in [3.63, 3.8) is 0 Å². The van der Waals surface area contributed by atoms with E-state index >= 15 is 0 Å². The van der Waals surface area contributed by atoms with Gasteiger partial charge in [-0.15, -0.1) is 0 Å². The van der Waals surface area contributed by atoms with E-state index in [1.807, 2.05) is 13.1 Å². The Morgan fingerprint density at radius 3 is 2.71 bits per heavy atom. The second-order valence-corrected chi connectivity index (χ2v) is 2.38. The van der Waals surface area contributed by atoms with Crippen molar-refractivity contribution in [1.82, 2.24) is 10.6 Å².